The highest BCUT2D eigenvalue weighted by molar-refractivity contribution is 6.72. The summed E-state index contributed by atoms with van der Waals surface area (Å²) < 4.78 is 5.89. The average molecular weight is 212 g/mol. The third-order valence-electron chi connectivity index (χ3n) is 2.62. The minimum Gasteiger partial charge on any atom is -0.406 e. The molecule has 0 saturated carbocycles. The van der Waals surface area contributed by atoms with Crippen LogP contribution in [0.1, 0.15) is 39.5 Å². The molecule has 0 unspecified atom stereocenters. The molecule has 0 radical (unpaired) electrons. The Labute approximate surface area is 90.4 Å². The Morgan fingerprint density at radius 1 is 1.14 bits per heavy atom. The molecule has 0 aromatic carbocycles. The fourth-order valence-corrected chi connectivity index (χ4v) is 4.76. The molecule has 0 aromatic heterocycles. The van der Waals surface area contributed by atoms with Crippen molar-refractivity contribution >= 4 is 8.32 Å². The molecule has 0 bridgehead atoms. The zero-order chi connectivity index (χ0) is 10.9. The van der Waals surface area contributed by atoms with Crippen molar-refractivity contribution in [1.82, 2.24) is 0 Å². The molecule has 0 aromatic rings. The first kappa shape index (κ1) is 13.7. The average Bonchev–Trinajstić information content (AvgIpc) is 2.21. The Kier molecular flexibility index (Phi) is 7.93. The number of terminal acetylenes is 1. The summed E-state index contributed by atoms with van der Waals surface area (Å²) in [5.41, 5.74) is 0. The first-order chi connectivity index (χ1) is 6.68. The van der Waals surface area contributed by atoms with E-state index in [1.54, 1.807) is 0 Å². The third-order valence-corrected chi connectivity index (χ3v) is 6.29. The lowest BCUT2D eigenvalue weighted by Gasteiger charge is -2.26. The molecule has 2 heteroatoms. The summed E-state index contributed by atoms with van der Waals surface area (Å²) in [5, 5.41) is 0. The van der Waals surface area contributed by atoms with Crippen LogP contribution in [0, 0.1) is 12.3 Å². The van der Waals surface area contributed by atoms with Crippen molar-refractivity contribution in [3.8, 4) is 12.3 Å². The van der Waals surface area contributed by atoms with E-state index in [0.717, 1.165) is 0 Å². The van der Waals surface area contributed by atoms with Gasteiger partial charge in [0.1, 0.15) is 0 Å². The maximum absolute atomic E-state index is 5.89. The first-order valence-electron chi connectivity index (χ1n) is 5.76. The molecule has 0 rings (SSSR count). The lowest BCUT2D eigenvalue weighted by Crippen LogP contribution is -2.34. The molecule has 0 atom stereocenters. The fourth-order valence-electron chi connectivity index (χ4n) is 1.59. The van der Waals surface area contributed by atoms with Crippen LogP contribution in [0.5, 0.6) is 0 Å². The van der Waals surface area contributed by atoms with Gasteiger partial charge < -0.3 is 4.43 Å². The topological polar surface area (TPSA) is 9.23 Å². The van der Waals surface area contributed by atoms with Gasteiger partial charge in [-0.05, 0) is 18.6 Å². The van der Waals surface area contributed by atoms with Crippen LogP contribution in [-0.4, -0.2) is 14.9 Å². The highest BCUT2D eigenvalue weighted by Crippen LogP contribution is 2.22. The van der Waals surface area contributed by atoms with Crippen molar-refractivity contribution < 1.29 is 4.43 Å². The summed E-state index contributed by atoms with van der Waals surface area (Å²) in [6.45, 7) is 7.30. The molecule has 1 nitrogen and oxygen atoms in total. The van der Waals surface area contributed by atoms with Crippen LogP contribution in [-0.2, 0) is 4.43 Å². The number of hydrogen-bond acceptors (Lipinski definition) is 1. The van der Waals surface area contributed by atoms with Crippen molar-refractivity contribution in [3.05, 3.63) is 0 Å². The molecule has 0 fully saturated rings. The van der Waals surface area contributed by atoms with E-state index in [2.05, 4.69) is 26.3 Å². The normalized spacial score (nSPS) is 11.3. The number of unbranched alkanes of at least 4 members (excludes halogenated alkanes) is 2. The van der Waals surface area contributed by atoms with Gasteiger partial charge in [-0.2, -0.15) is 0 Å². The van der Waals surface area contributed by atoms with E-state index in [9.17, 15) is 0 Å². The molecular formula is C12H24OSi. The second-order valence-electron chi connectivity index (χ2n) is 4.15. The summed E-state index contributed by atoms with van der Waals surface area (Å²) >= 11 is 0. The van der Waals surface area contributed by atoms with Gasteiger partial charge in [-0.25, -0.2) is 0 Å². The Morgan fingerprint density at radius 3 is 2.00 bits per heavy atom. The zero-order valence-electron chi connectivity index (χ0n) is 9.94. The Bertz CT molecular complexity index is 164. The summed E-state index contributed by atoms with van der Waals surface area (Å²) in [6.07, 6.45) is 10.3. The van der Waals surface area contributed by atoms with Crippen molar-refractivity contribution in [3.63, 3.8) is 0 Å². The SMILES string of the molecule is C#CCO[Si](C)(CCCC)CCCC. The van der Waals surface area contributed by atoms with E-state index in [0.29, 0.717) is 6.61 Å². The minimum atomic E-state index is -1.45. The lowest BCUT2D eigenvalue weighted by molar-refractivity contribution is 0.350. The third kappa shape index (κ3) is 6.23. The molecule has 0 N–H and O–H groups in total. The summed E-state index contributed by atoms with van der Waals surface area (Å²) in [5.74, 6) is 2.59. The quantitative estimate of drug-likeness (QED) is 0.439. The smallest absolute Gasteiger partial charge is 0.191 e. The Morgan fingerprint density at radius 2 is 1.64 bits per heavy atom. The van der Waals surface area contributed by atoms with Crippen molar-refractivity contribution in [2.75, 3.05) is 6.61 Å². The van der Waals surface area contributed by atoms with Crippen LogP contribution < -0.4 is 0 Å². The molecule has 0 aliphatic heterocycles. The van der Waals surface area contributed by atoms with E-state index in [1.165, 1.54) is 37.8 Å². The van der Waals surface area contributed by atoms with E-state index in [4.69, 9.17) is 10.8 Å². The second-order valence-corrected chi connectivity index (χ2v) is 8.34. The molecule has 0 aliphatic rings. The summed E-state index contributed by atoms with van der Waals surface area (Å²) in [4.78, 5) is 0. The van der Waals surface area contributed by atoms with Gasteiger partial charge in [0.15, 0.2) is 8.32 Å². The predicted octanol–water partition coefficient (Wildman–Crippen LogP) is 3.81. The van der Waals surface area contributed by atoms with Gasteiger partial charge in [-0.1, -0.05) is 45.5 Å². The van der Waals surface area contributed by atoms with Crippen molar-refractivity contribution in [1.29, 1.82) is 0 Å². The number of hydrogen-bond donors (Lipinski definition) is 0. The van der Waals surface area contributed by atoms with Crippen molar-refractivity contribution in [2.45, 2.75) is 58.2 Å². The fraction of sp³-hybridized carbons (Fsp3) is 0.833. The van der Waals surface area contributed by atoms with Gasteiger partial charge in [0.25, 0.3) is 0 Å². The van der Waals surface area contributed by atoms with Crippen LogP contribution in [0.15, 0.2) is 0 Å². The largest absolute Gasteiger partial charge is 0.406 e. The predicted molar refractivity (Wildman–Crippen MR) is 65.8 cm³/mol. The van der Waals surface area contributed by atoms with E-state index >= 15 is 0 Å². The highest BCUT2D eigenvalue weighted by Gasteiger charge is 2.27. The van der Waals surface area contributed by atoms with E-state index in [1.807, 2.05) is 0 Å². The molecule has 0 spiro atoms. The van der Waals surface area contributed by atoms with Crippen LogP contribution in [0.3, 0.4) is 0 Å². The molecule has 0 saturated heterocycles. The van der Waals surface area contributed by atoms with Gasteiger partial charge in [0, 0.05) is 0 Å². The van der Waals surface area contributed by atoms with E-state index < -0.39 is 8.32 Å². The molecule has 0 amide bonds. The monoisotopic (exact) mass is 212 g/mol. The first-order valence-corrected chi connectivity index (χ1v) is 8.58. The Balaban J connectivity index is 3.97. The standard InChI is InChI=1S/C12H24OSi/c1-5-8-11-14(4,12-9-6-2)13-10-7-3/h3H,5-6,8-12H2,1-2,4H3. The molecule has 14 heavy (non-hydrogen) atoms. The molecule has 82 valence electrons. The maximum Gasteiger partial charge on any atom is 0.191 e. The molecular weight excluding hydrogens is 188 g/mol. The van der Waals surface area contributed by atoms with Crippen molar-refractivity contribution in [2.24, 2.45) is 0 Å². The second kappa shape index (κ2) is 8.08. The van der Waals surface area contributed by atoms with Gasteiger partial charge in [0.2, 0.25) is 0 Å². The van der Waals surface area contributed by atoms with Crippen LogP contribution in [0.25, 0.3) is 0 Å². The zero-order valence-corrected chi connectivity index (χ0v) is 10.9. The van der Waals surface area contributed by atoms with Crippen LogP contribution in [0.2, 0.25) is 18.6 Å². The lowest BCUT2D eigenvalue weighted by atomic mass is 10.4. The summed E-state index contributed by atoms with van der Waals surface area (Å²) in [7, 11) is -1.45. The molecule has 0 aliphatic carbocycles. The number of rotatable bonds is 8. The van der Waals surface area contributed by atoms with Gasteiger partial charge in [-0.3, -0.25) is 0 Å². The van der Waals surface area contributed by atoms with Crippen LogP contribution in [0.4, 0.5) is 0 Å². The van der Waals surface area contributed by atoms with Gasteiger partial charge in [0.05, 0.1) is 6.61 Å². The van der Waals surface area contributed by atoms with Crippen LogP contribution >= 0.6 is 0 Å². The molecule has 0 heterocycles. The van der Waals surface area contributed by atoms with Gasteiger partial charge in [-0.15, -0.1) is 6.42 Å². The van der Waals surface area contributed by atoms with E-state index in [-0.39, 0.29) is 0 Å². The Hall–Kier alpha value is -0.263. The minimum absolute atomic E-state index is 0.510. The highest BCUT2D eigenvalue weighted by atomic mass is 28.4. The van der Waals surface area contributed by atoms with Gasteiger partial charge >= 0.3 is 0 Å². The maximum atomic E-state index is 5.89. The summed E-state index contributed by atoms with van der Waals surface area (Å²) in [6, 6.07) is 2.54.